The number of terminal acetylenes is 1. The molecule has 1 atom stereocenters. The Kier molecular flexibility index (Phi) is 9.39. The molecule has 0 heterocycles. The van der Waals surface area contributed by atoms with Gasteiger partial charge in [-0.25, -0.2) is 5.43 Å². The Hall–Kier alpha value is -3.21. The minimum Gasteiger partial charge on any atom is -0.493 e. The van der Waals surface area contributed by atoms with Crippen LogP contribution in [-0.2, 0) is 4.79 Å². The molecule has 0 aromatic heterocycles. The van der Waals surface area contributed by atoms with E-state index in [1.807, 2.05) is 13.8 Å². The molecule has 2 rings (SSSR count). The van der Waals surface area contributed by atoms with Crippen LogP contribution in [0.1, 0.15) is 29.8 Å². The second kappa shape index (κ2) is 12.0. The average molecular weight is 476 g/mol. The minimum atomic E-state index is -0.798. The quantitative estimate of drug-likeness (QED) is 0.326. The van der Waals surface area contributed by atoms with E-state index < -0.39 is 17.9 Å². The maximum absolute atomic E-state index is 12.6. The second-order valence-corrected chi connectivity index (χ2v) is 7.81. The van der Waals surface area contributed by atoms with Gasteiger partial charge in [-0.3, -0.25) is 9.59 Å². The monoisotopic (exact) mass is 475 g/mol. The van der Waals surface area contributed by atoms with Gasteiger partial charge in [0.25, 0.3) is 11.8 Å². The number of methoxy groups -OCH3 is 1. The van der Waals surface area contributed by atoms with Gasteiger partial charge in [0.1, 0.15) is 12.6 Å². The molecule has 2 N–H and O–H groups in total. The highest BCUT2D eigenvalue weighted by atomic mass is 35.5. The van der Waals surface area contributed by atoms with E-state index in [0.717, 1.165) is 0 Å². The van der Waals surface area contributed by atoms with Gasteiger partial charge in [-0.05, 0) is 47.9 Å². The molecule has 0 saturated carbocycles. The van der Waals surface area contributed by atoms with Crippen molar-refractivity contribution in [1.82, 2.24) is 10.7 Å². The molecule has 2 aromatic rings. The predicted molar refractivity (Wildman–Crippen MR) is 126 cm³/mol. The summed E-state index contributed by atoms with van der Waals surface area (Å²) in [5.74, 6) is 2.01. The molecule has 0 aliphatic rings. The highest BCUT2D eigenvalue weighted by Gasteiger charge is 2.24. The molecular weight excluding hydrogens is 453 g/mol. The third kappa shape index (κ3) is 6.91. The summed E-state index contributed by atoms with van der Waals surface area (Å²) in [5.41, 5.74) is 3.39. The van der Waals surface area contributed by atoms with Crippen LogP contribution < -0.4 is 20.2 Å². The number of carbonyl (C=O) groups excluding carboxylic acids is 2. The lowest BCUT2D eigenvalue weighted by Gasteiger charge is -2.20. The number of rotatable bonds is 9. The molecule has 2 aromatic carbocycles. The van der Waals surface area contributed by atoms with Gasteiger partial charge in [0.2, 0.25) is 0 Å². The standard InChI is InChI=1S/C23H23Cl2N3O4/c1-5-10-32-21-18(25)11-15(12-19(21)31-4)13-26-28-23(30)20(14(2)3)27-22(29)16-6-8-17(24)9-7-16/h1,6-9,11-14,20H,10H2,2-4H3,(H,27,29)(H,28,30). The molecular formula is C23H23Cl2N3O4. The molecule has 9 heteroatoms. The Balaban J connectivity index is 2.08. The lowest BCUT2D eigenvalue weighted by molar-refractivity contribution is -0.123. The van der Waals surface area contributed by atoms with Gasteiger partial charge in [-0.15, -0.1) is 6.42 Å². The lowest BCUT2D eigenvalue weighted by Crippen LogP contribution is -2.48. The summed E-state index contributed by atoms with van der Waals surface area (Å²) in [6.07, 6.45) is 6.60. The third-order valence-corrected chi connectivity index (χ3v) is 4.81. The summed E-state index contributed by atoms with van der Waals surface area (Å²) in [7, 11) is 1.47. The fourth-order valence-corrected chi connectivity index (χ4v) is 3.07. The first kappa shape index (κ1) is 25.1. The minimum absolute atomic E-state index is 0.0396. The zero-order valence-electron chi connectivity index (χ0n) is 17.8. The highest BCUT2D eigenvalue weighted by molar-refractivity contribution is 6.32. The molecule has 0 spiro atoms. The number of hydrazone groups is 1. The van der Waals surface area contributed by atoms with Crippen molar-refractivity contribution >= 4 is 41.2 Å². The molecule has 32 heavy (non-hydrogen) atoms. The number of ether oxygens (including phenoxy) is 2. The average Bonchev–Trinajstić information content (AvgIpc) is 2.76. The molecule has 7 nitrogen and oxygen atoms in total. The van der Waals surface area contributed by atoms with E-state index >= 15 is 0 Å². The maximum atomic E-state index is 12.6. The van der Waals surface area contributed by atoms with E-state index in [1.165, 1.54) is 13.3 Å². The molecule has 0 bridgehead atoms. The largest absolute Gasteiger partial charge is 0.493 e. The van der Waals surface area contributed by atoms with Crippen LogP contribution in [-0.4, -0.2) is 37.8 Å². The van der Waals surface area contributed by atoms with Crippen molar-refractivity contribution in [2.75, 3.05) is 13.7 Å². The van der Waals surface area contributed by atoms with Crippen LogP contribution in [0.5, 0.6) is 11.5 Å². The number of benzene rings is 2. The number of hydrogen-bond donors (Lipinski definition) is 2. The normalized spacial score (nSPS) is 11.7. The topological polar surface area (TPSA) is 89.0 Å². The number of hydrogen-bond acceptors (Lipinski definition) is 5. The van der Waals surface area contributed by atoms with Crippen LogP contribution in [0.2, 0.25) is 10.0 Å². The van der Waals surface area contributed by atoms with E-state index in [-0.39, 0.29) is 17.5 Å². The predicted octanol–water partition coefficient (Wildman–Crippen LogP) is 3.92. The smallest absolute Gasteiger partial charge is 0.262 e. The Bertz CT molecular complexity index is 1030. The molecule has 0 aliphatic heterocycles. The van der Waals surface area contributed by atoms with E-state index in [9.17, 15) is 9.59 Å². The first-order valence-electron chi connectivity index (χ1n) is 9.60. The van der Waals surface area contributed by atoms with Gasteiger partial charge in [0, 0.05) is 10.6 Å². The number of nitrogens with one attached hydrogen (secondary N) is 2. The van der Waals surface area contributed by atoms with Crippen LogP contribution in [0.25, 0.3) is 0 Å². The summed E-state index contributed by atoms with van der Waals surface area (Å²) in [5, 5.41) is 7.47. The van der Waals surface area contributed by atoms with Gasteiger partial charge in [0.15, 0.2) is 11.5 Å². The van der Waals surface area contributed by atoms with Crippen LogP contribution in [0.4, 0.5) is 0 Å². The van der Waals surface area contributed by atoms with Crippen LogP contribution >= 0.6 is 23.2 Å². The molecule has 2 amide bonds. The number of carbonyl (C=O) groups is 2. The summed E-state index contributed by atoms with van der Waals surface area (Å²) in [4.78, 5) is 25.1. The number of halogens is 2. The molecule has 0 saturated heterocycles. The maximum Gasteiger partial charge on any atom is 0.262 e. The van der Waals surface area contributed by atoms with Crippen molar-refractivity contribution in [2.24, 2.45) is 11.0 Å². The van der Waals surface area contributed by atoms with Gasteiger partial charge in [-0.2, -0.15) is 5.10 Å². The summed E-state index contributed by atoms with van der Waals surface area (Å²) in [6, 6.07) is 8.80. The Labute approximate surface area is 197 Å². The number of amides is 2. The fourth-order valence-electron chi connectivity index (χ4n) is 2.67. The zero-order valence-corrected chi connectivity index (χ0v) is 19.3. The van der Waals surface area contributed by atoms with Crippen molar-refractivity contribution in [2.45, 2.75) is 19.9 Å². The van der Waals surface area contributed by atoms with Crippen LogP contribution in [0, 0.1) is 18.3 Å². The van der Waals surface area contributed by atoms with Crippen molar-refractivity contribution in [3.05, 3.63) is 57.6 Å². The molecule has 1 unspecified atom stereocenters. The van der Waals surface area contributed by atoms with E-state index in [4.69, 9.17) is 39.1 Å². The zero-order chi connectivity index (χ0) is 23.7. The Morgan fingerprint density at radius 2 is 1.91 bits per heavy atom. The van der Waals surface area contributed by atoms with E-state index in [0.29, 0.717) is 27.6 Å². The van der Waals surface area contributed by atoms with Gasteiger partial charge < -0.3 is 14.8 Å². The van der Waals surface area contributed by atoms with E-state index in [1.54, 1.807) is 36.4 Å². The SMILES string of the molecule is C#CCOc1c(Cl)cc(C=NNC(=O)C(NC(=O)c2ccc(Cl)cc2)C(C)C)cc1OC. The van der Waals surface area contributed by atoms with Crippen LogP contribution in [0.3, 0.4) is 0 Å². The first-order valence-corrected chi connectivity index (χ1v) is 10.4. The number of nitrogens with zero attached hydrogens (tertiary/aromatic N) is 1. The Morgan fingerprint density at radius 1 is 1.22 bits per heavy atom. The Morgan fingerprint density at radius 3 is 2.50 bits per heavy atom. The fraction of sp³-hybridized carbons (Fsp3) is 0.261. The van der Waals surface area contributed by atoms with Crippen molar-refractivity contribution in [3.8, 4) is 23.8 Å². The molecule has 168 valence electrons. The second-order valence-electron chi connectivity index (χ2n) is 6.96. The van der Waals surface area contributed by atoms with Crippen molar-refractivity contribution in [3.63, 3.8) is 0 Å². The van der Waals surface area contributed by atoms with Gasteiger partial charge in [0.05, 0.1) is 18.3 Å². The van der Waals surface area contributed by atoms with Crippen molar-refractivity contribution in [1.29, 1.82) is 0 Å². The summed E-state index contributed by atoms with van der Waals surface area (Å²) >= 11 is 12.1. The van der Waals surface area contributed by atoms with E-state index in [2.05, 4.69) is 21.8 Å². The lowest BCUT2D eigenvalue weighted by atomic mass is 10.0. The third-order valence-electron chi connectivity index (χ3n) is 4.28. The molecule has 0 aliphatic carbocycles. The van der Waals surface area contributed by atoms with Gasteiger partial charge in [-0.1, -0.05) is 43.0 Å². The van der Waals surface area contributed by atoms with Crippen LogP contribution in [0.15, 0.2) is 41.5 Å². The molecule has 0 fully saturated rings. The highest BCUT2D eigenvalue weighted by Crippen LogP contribution is 2.35. The molecule has 0 radical (unpaired) electrons. The van der Waals surface area contributed by atoms with Gasteiger partial charge >= 0.3 is 0 Å². The van der Waals surface area contributed by atoms with Crippen molar-refractivity contribution < 1.29 is 19.1 Å². The summed E-state index contributed by atoms with van der Waals surface area (Å²) < 4.78 is 10.7. The first-order chi connectivity index (χ1) is 15.3. The summed E-state index contributed by atoms with van der Waals surface area (Å²) in [6.45, 7) is 3.67.